The normalized spacial score (nSPS) is 19.9. The average molecular weight is 258 g/mol. The molecule has 0 atom stereocenters. The fourth-order valence-electron chi connectivity index (χ4n) is 2.89. The number of aryl methyl sites for hydroxylation is 1. The van der Waals surface area contributed by atoms with Crippen molar-refractivity contribution < 1.29 is 9.59 Å². The SMILES string of the molecule is Cc1ccc2c(c1)C(=O)N(CC1CCNCC1)C2=O. The van der Waals surface area contributed by atoms with E-state index in [-0.39, 0.29) is 11.8 Å². The van der Waals surface area contributed by atoms with Crippen molar-refractivity contribution in [2.75, 3.05) is 19.6 Å². The van der Waals surface area contributed by atoms with Crippen molar-refractivity contribution in [3.8, 4) is 0 Å². The molecule has 1 fully saturated rings. The minimum atomic E-state index is -0.126. The summed E-state index contributed by atoms with van der Waals surface area (Å²) in [6.07, 6.45) is 2.07. The number of amides is 2. The number of imide groups is 1. The van der Waals surface area contributed by atoms with Gasteiger partial charge < -0.3 is 5.32 Å². The Kier molecular flexibility index (Phi) is 3.11. The van der Waals surface area contributed by atoms with Crippen LogP contribution in [0.5, 0.6) is 0 Å². The standard InChI is InChI=1S/C15H18N2O2/c1-10-2-3-12-13(8-10)15(19)17(14(12)18)9-11-4-6-16-7-5-11/h2-3,8,11,16H,4-7,9H2,1H3. The van der Waals surface area contributed by atoms with E-state index in [2.05, 4.69) is 5.32 Å². The summed E-state index contributed by atoms with van der Waals surface area (Å²) in [5.41, 5.74) is 2.15. The zero-order chi connectivity index (χ0) is 13.4. The zero-order valence-electron chi connectivity index (χ0n) is 11.1. The molecule has 2 amide bonds. The maximum Gasteiger partial charge on any atom is 0.261 e. The summed E-state index contributed by atoms with van der Waals surface area (Å²) >= 11 is 0. The van der Waals surface area contributed by atoms with Crippen molar-refractivity contribution in [2.24, 2.45) is 5.92 Å². The fraction of sp³-hybridized carbons (Fsp3) is 0.467. The monoisotopic (exact) mass is 258 g/mol. The van der Waals surface area contributed by atoms with Crippen molar-refractivity contribution in [1.82, 2.24) is 10.2 Å². The number of hydrogen-bond donors (Lipinski definition) is 1. The lowest BCUT2D eigenvalue weighted by molar-refractivity contribution is 0.0619. The Hall–Kier alpha value is -1.68. The molecule has 1 saturated heterocycles. The lowest BCUT2D eigenvalue weighted by Crippen LogP contribution is -2.38. The van der Waals surface area contributed by atoms with Gasteiger partial charge in [0.25, 0.3) is 11.8 Å². The molecule has 2 aliphatic heterocycles. The van der Waals surface area contributed by atoms with Gasteiger partial charge in [0.15, 0.2) is 0 Å². The molecule has 100 valence electrons. The van der Waals surface area contributed by atoms with Crippen molar-refractivity contribution in [1.29, 1.82) is 0 Å². The maximum atomic E-state index is 12.3. The Morgan fingerprint density at radius 2 is 1.84 bits per heavy atom. The molecule has 0 saturated carbocycles. The second-order valence-corrected chi connectivity index (χ2v) is 5.46. The van der Waals surface area contributed by atoms with Gasteiger partial charge in [-0.15, -0.1) is 0 Å². The minimum absolute atomic E-state index is 0.123. The molecule has 0 bridgehead atoms. The van der Waals surface area contributed by atoms with E-state index in [0.29, 0.717) is 23.6 Å². The van der Waals surface area contributed by atoms with Gasteiger partial charge in [-0.2, -0.15) is 0 Å². The topological polar surface area (TPSA) is 49.4 Å². The van der Waals surface area contributed by atoms with Crippen molar-refractivity contribution >= 4 is 11.8 Å². The summed E-state index contributed by atoms with van der Waals surface area (Å²) in [5.74, 6) is 0.185. The van der Waals surface area contributed by atoms with Gasteiger partial charge in [-0.25, -0.2) is 0 Å². The van der Waals surface area contributed by atoms with Crippen LogP contribution in [0.25, 0.3) is 0 Å². The Morgan fingerprint density at radius 3 is 2.58 bits per heavy atom. The van der Waals surface area contributed by atoms with Gasteiger partial charge in [0, 0.05) is 6.54 Å². The highest BCUT2D eigenvalue weighted by atomic mass is 16.2. The molecule has 4 nitrogen and oxygen atoms in total. The molecule has 2 heterocycles. The lowest BCUT2D eigenvalue weighted by Gasteiger charge is -2.26. The molecule has 4 heteroatoms. The second-order valence-electron chi connectivity index (χ2n) is 5.46. The van der Waals surface area contributed by atoms with Gasteiger partial charge in [0.05, 0.1) is 11.1 Å². The van der Waals surface area contributed by atoms with Gasteiger partial charge in [0.1, 0.15) is 0 Å². The molecular weight excluding hydrogens is 240 g/mol. The molecule has 0 aromatic heterocycles. The van der Waals surface area contributed by atoms with Crippen molar-refractivity contribution in [2.45, 2.75) is 19.8 Å². The van der Waals surface area contributed by atoms with Gasteiger partial charge in [0.2, 0.25) is 0 Å². The van der Waals surface area contributed by atoms with Gasteiger partial charge in [-0.3, -0.25) is 14.5 Å². The number of nitrogens with zero attached hydrogens (tertiary/aromatic N) is 1. The fourth-order valence-corrected chi connectivity index (χ4v) is 2.89. The molecule has 1 aromatic rings. The third-order valence-corrected chi connectivity index (χ3v) is 4.03. The van der Waals surface area contributed by atoms with Gasteiger partial charge in [-0.05, 0) is 50.9 Å². The molecule has 19 heavy (non-hydrogen) atoms. The van der Waals surface area contributed by atoms with E-state index >= 15 is 0 Å². The molecule has 0 radical (unpaired) electrons. The van der Waals surface area contributed by atoms with Crippen LogP contribution in [-0.2, 0) is 0 Å². The smallest absolute Gasteiger partial charge is 0.261 e. The van der Waals surface area contributed by atoms with Crippen LogP contribution in [0.15, 0.2) is 18.2 Å². The Bertz CT molecular complexity index is 533. The highest BCUT2D eigenvalue weighted by molar-refractivity contribution is 6.21. The molecule has 1 aromatic carbocycles. The summed E-state index contributed by atoms with van der Waals surface area (Å²) in [5, 5.41) is 3.30. The molecule has 1 N–H and O–H groups in total. The molecule has 0 aliphatic carbocycles. The Balaban J connectivity index is 1.81. The third-order valence-electron chi connectivity index (χ3n) is 4.03. The first-order chi connectivity index (χ1) is 9.16. The molecule has 0 spiro atoms. The van der Waals surface area contributed by atoms with E-state index < -0.39 is 0 Å². The number of rotatable bonds is 2. The highest BCUT2D eigenvalue weighted by Gasteiger charge is 2.36. The van der Waals surface area contributed by atoms with Crippen LogP contribution in [0, 0.1) is 12.8 Å². The summed E-state index contributed by atoms with van der Waals surface area (Å²) in [6.45, 7) is 4.46. The minimum Gasteiger partial charge on any atom is -0.317 e. The first-order valence-electron chi connectivity index (χ1n) is 6.84. The lowest BCUT2D eigenvalue weighted by atomic mass is 9.97. The average Bonchev–Trinajstić information content (AvgIpc) is 2.65. The second kappa shape index (κ2) is 4.78. The number of benzene rings is 1. The van der Waals surface area contributed by atoms with Crippen LogP contribution in [0.1, 0.15) is 39.1 Å². The van der Waals surface area contributed by atoms with Crippen LogP contribution in [-0.4, -0.2) is 36.3 Å². The van der Waals surface area contributed by atoms with E-state index in [1.54, 1.807) is 6.07 Å². The quantitative estimate of drug-likeness (QED) is 0.820. The largest absolute Gasteiger partial charge is 0.317 e. The van der Waals surface area contributed by atoms with Crippen molar-refractivity contribution in [3.05, 3.63) is 34.9 Å². The van der Waals surface area contributed by atoms with Crippen LogP contribution in [0.3, 0.4) is 0 Å². The van der Waals surface area contributed by atoms with Crippen LogP contribution >= 0.6 is 0 Å². The number of fused-ring (bicyclic) bond motifs is 1. The van der Waals surface area contributed by atoms with Crippen LogP contribution in [0.2, 0.25) is 0 Å². The third kappa shape index (κ3) is 2.16. The van der Waals surface area contributed by atoms with E-state index in [0.717, 1.165) is 31.5 Å². The first kappa shape index (κ1) is 12.4. The number of carbonyl (C=O) groups excluding carboxylic acids is 2. The number of nitrogens with one attached hydrogen (secondary N) is 1. The predicted octanol–water partition coefficient (Wildman–Crippen LogP) is 1.59. The van der Waals surface area contributed by atoms with Crippen LogP contribution in [0.4, 0.5) is 0 Å². The van der Waals surface area contributed by atoms with Gasteiger partial charge >= 0.3 is 0 Å². The van der Waals surface area contributed by atoms with Crippen LogP contribution < -0.4 is 5.32 Å². The predicted molar refractivity (Wildman–Crippen MR) is 72.1 cm³/mol. The summed E-state index contributed by atoms with van der Waals surface area (Å²) < 4.78 is 0. The first-order valence-corrected chi connectivity index (χ1v) is 6.84. The Morgan fingerprint density at radius 1 is 1.16 bits per heavy atom. The van der Waals surface area contributed by atoms with Crippen molar-refractivity contribution in [3.63, 3.8) is 0 Å². The Labute approximate surface area is 112 Å². The summed E-state index contributed by atoms with van der Waals surface area (Å²) in [6, 6.07) is 5.48. The van der Waals surface area contributed by atoms with E-state index in [1.807, 2.05) is 19.1 Å². The number of hydrogen-bond acceptors (Lipinski definition) is 3. The molecule has 3 rings (SSSR count). The van der Waals surface area contributed by atoms with E-state index in [9.17, 15) is 9.59 Å². The zero-order valence-corrected chi connectivity index (χ0v) is 11.1. The highest BCUT2D eigenvalue weighted by Crippen LogP contribution is 2.26. The van der Waals surface area contributed by atoms with E-state index in [1.165, 1.54) is 4.90 Å². The summed E-state index contributed by atoms with van der Waals surface area (Å²) in [4.78, 5) is 26.0. The van der Waals surface area contributed by atoms with E-state index in [4.69, 9.17) is 0 Å². The molecular formula is C15H18N2O2. The number of piperidine rings is 1. The molecule has 2 aliphatic rings. The summed E-state index contributed by atoms with van der Waals surface area (Å²) in [7, 11) is 0. The van der Waals surface area contributed by atoms with Gasteiger partial charge in [-0.1, -0.05) is 11.6 Å². The molecule has 0 unspecified atom stereocenters. The number of carbonyl (C=O) groups is 2. The maximum absolute atomic E-state index is 12.3.